The van der Waals surface area contributed by atoms with E-state index in [9.17, 15) is 4.79 Å². The third-order valence-corrected chi connectivity index (χ3v) is 5.18. The summed E-state index contributed by atoms with van der Waals surface area (Å²) >= 11 is 1.46. The van der Waals surface area contributed by atoms with Crippen molar-refractivity contribution in [2.75, 3.05) is 14.2 Å². The van der Waals surface area contributed by atoms with Gasteiger partial charge in [-0.15, -0.1) is 0 Å². The zero-order valence-electron chi connectivity index (χ0n) is 14.4. The Labute approximate surface area is 151 Å². The van der Waals surface area contributed by atoms with E-state index in [4.69, 9.17) is 9.47 Å². The van der Waals surface area contributed by atoms with Gasteiger partial charge >= 0.3 is 0 Å². The summed E-state index contributed by atoms with van der Waals surface area (Å²) in [5, 5.41) is 0.635. The first-order chi connectivity index (χ1) is 12.2. The molecule has 0 saturated heterocycles. The number of carbonyl (C=O) groups is 1. The zero-order valence-corrected chi connectivity index (χ0v) is 15.2. The normalized spacial score (nSPS) is 12.3. The molecule has 0 unspecified atom stereocenters. The van der Waals surface area contributed by atoms with Crippen molar-refractivity contribution in [2.24, 2.45) is 0 Å². The molecule has 0 saturated carbocycles. The number of hydrogen-bond acceptors (Lipinski definition) is 5. The van der Waals surface area contributed by atoms with Gasteiger partial charge in [0.25, 0.3) is 5.91 Å². The maximum absolute atomic E-state index is 13.1. The lowest BCUT2D eigenvalue weighted by atomic mass is 10.2. The molecule has 0 aliphatic heterocycles. The van der Waals surface area contributed by atoms with Crippen molar-refractivity contribution in [3.05, 3.63) is 54.1 Å². The first-order valence-corrected chi connectivity index (χ1v) is 8.91. The summed E-state index contributed by atoms with van der Waals surface area (Å²) in [4.78, 5) is 17.8. The molecule has 130 valence electrons. The van der Waals surface area contributed by atoms with Crippen LogP contribution in [0.15, 0.2) is 53.7 Å². The second kappa shape index (κ2) is 7.72. The second-order valence-corrected chi connectivity index (χ2v) is 6.57. The third-order valence-electron chi connectivity index (χ3n) is 3.90. The van der Waals surface area contributed by atoms with Gasteiger partial charge in [0, 0.05) is 12.7 Å². The number of carbonyl (C=O) groups excluding carboxylic acids is 1. The molecule has 0 N–H and O–H groups in total. The summed E-state index contributed by atoms with van der Waals surface area (Å²) in [5.74, 6) is 0.594. The molecule has 3 rings (SSSR count). The van der Waals surface area contributed by atoms with E-state index in [1.807, 2.05) is 31.2 Å². The van der Waals surface area contributed by atoms with Crippen LogP contribution in [-0.4, -0.2) is 35.1 Å². The van der Waals surface area contributed by atoms with Crippen LogP contribution in [-0.2, 0) is 4.74 Å². The maximum atomic E-state index is 13.1. The Morgan fingerprint density at radius 2 is 1.88 bits per heavy atom. The average Bonchev–Trinajstić information content (AvgIpc) is 3.03. The van der Waals surface area contributed by atoms with Crippen LogP contribution in [0.5, 0.6) is 5.75 Å². The van der Waals surface area contributed by atoms with Crippen molar-refractivity contribution < 1.29 is 14.3 Å². The number of thioether (sulfide) groups is 1. The molecule has 0 bridgehead atoms. The third kappa shape index (κ3) is 3.55. The Hall–Kier alpha value is -2.31. The Morgan fingerprint density at radius 1 is 1.16 bits per heavy atom. The van der Waals surface area contributed by atoms with E-state index in [0.717, 1.165) is 17.5 Å². The van der Waals surface area contributed by atoms with Gasteiger partial charge in [0.15, 0.2) is 5.16 Å². The van der Waals surface area contributed by atoms with Gasteiger partial charge in [-0.3, -0.25) is 9.36 Å². The van der Waals surface area contributed by atoms with Crippen LogP contribution in [0.2, 0.25) is 0 Å². The summed E-state index contributed by atoms with van der Waals surface area (Å²) in [6.07, 6.45) is 0.821. The van der Waals surface area contributed by atoms with Crippen LogP contribution in [0.3, 0.4) is 0 Å². The zero-order chi connectivity index (χ0) is 17.8. The number of fused-ring (bicyclic) bond motifs is 1. The number of benzene rings is 2. The predicted octanol–water partition coefficient (Wildman–Crippen LogP) is 4.21. The molecule has 6 heteroatoms. The van der Waals surface area contributed by atoms with Gasteiger partial charge in [0.2, 0.25) is 0 Å². The standard InChI is InChI=1S/C19H20N2O3S/c1-4-17(24-3)25-19-20-15-7-5-6-8-16(15)21(19)18(22)13-9-11-14(23-2)12-10-13/h5-12,17H,4H2,1-3H3/t17-/m0/s1. The minimum atomic E-state index is -0.121. The Bertz CT molecular complexity index is 870. The molecule has 0 aliphatic rings. The van der Waals surface area contributed by atoms with Crippen molar-refractivity contribution in [3.8, 4) is 5.75 Å². The lowest BCUT2D eigenvalue weighted by molar-refractivity contribution is 0.0954. The molecule has 0 aliphatic carbocycles. The molecule has 0 amide bonds. The molecule has 1 heterocycles. The predicted molar refractivity (Wildman–Crippen MR) is 99.4 cm³/mol. The highest BCUT2D eigenvalue weighted by atomic mass is 32.2. The molecule has 2 aromatic carbocycles. The van der Waals surface area contributed by atoms with Crippen molar-refractivity contribution in [1.29, 1.82) is 0 Å². The van der Waals surface area contributed by atoms with Gasteiger partial charge in [-0.05, 0) is 42.8 Å². The van der Waals surface area contributed by atoms with E-state index in [-0.39, 0.29) is 11.3 Å². The number of hydrogen-bond donors (Lipinski definition) is 0. The molecular weight excluding hydrogens is 336 g/mol. The average molecular weight is 356 g/mol. The summed E-state index contributed by atoms with van der Waals surface area (Å²) in [6, 6.07) is 14.7. The Balaban J connectivity index is 2.07. The number of para-hydroxylation sites is 2. The summed E-state index contributed by atoms with van der Waals surface area (Å²) in [7, 11) is 3.27. The highest BCUT2D eigenvalue weighted by Crippen LogP contribution is 2.30. The van der Waals surface area contributed by atoms with Crippen LogP contribution in [0.25, 0.3) is 11.0 Å². The van der Waals surface area contributed by atoms with Gasteiger partial charge in [0.05, 0.1) is 18.1 Å². The van der Waals surface area contributed by atoms with Crippen molar-refractivity contribution in [3.63, 3.8) is 0 Å². The largest absolute Gasteiger partial charge is 0.497 e. The number of nitrogens with zero attached hydrogens (tertiary/aromatic N) is 2. The van der Waals surface area contributed by atoms with Crippen molar-refractivity contribution in [1.82, 2.24) is 9.55 Å². The Kier molecular flexibility index (Phi) is 5.40. The fraction of sp³-hybridized carbons (Fsp3) is 0.263. The lowest BCUT2D eigenvalue weighted by Crippen LogP contribution is -2.15. The number of methoxy groups -OCH3 is 2. The van der Waals surface area contributed by atoms with Gasteiger partial charge in [0.1, 0.15) is 11.2 Å². The van der Waals surface area contributed by atoms with Gasteiger partial charge in [-0.25, -0.2) is 4.98 Å². The molecule has 0 spiro atoms. The van der Waals surface area contributed by atoms with E-state index >= 15 is 0 Å². The fourth-order valence-corrected chi connectivity index (χ4v) is 3.49. The van der Waals surface area contributed by atoms with Crippen molar-refractivity contribution >= 4 is 28.7 Å². The van der Waals surface area contributed by atoms with Gasteiger partial charge < -0.3 is 9.47 Å². The monoisotopic (exact) mass is 356 g/mol. The minimum absolute atomic E-state index is 0.0563. The quantitative estimate of drug-likeness (QED) is 0.489. The summed E-state index contributed by atoms with van der Waals surface area (Å²) in [5.41, 5.74) is 2.10. The van der Waals surface area contributed by atoms with Crippen LogP contribution < -0.4 is 4.74 Å². The molecule has 3 aromatic rings. The first-order valence-electron chi connectivity index (χ1n) is 8.03. The first kappa shape index (κ1) is 17.5. The Morgan fingerprint density at radius 3 is 2.52 bits per heavy atom. The van der Waals surface area contributed by atoms with E-state index in [1.54, 1.807) is 43.1 Å². The van der Waals surface area contributed by atoms with E-state index in [2.05, 4.69) is 4.98 Å². The second-order valence-electron chi connectivity index (χ2n) is 5.44. The minimum Gasteiger partial charge on any atom is -0.497 e. The maximum Gasteiger partial charge on any atom is 0.264 e. The van der Waals surface area contributed by atoms with Gasteiger partial charge in [-0.2, -0.15) is 0 Å². The lowest BCUT2D eigenvalue weighted by Gasteiger charge is -2.13. The number of imidazole rings is 1. The molecule has 1 aromatic heterocycles. The van der Waals surface area contributed by atoms with Crippen LogP contribution in [0.1, 0.15) is 23.7 Å². The smallest absolute Gasteiger partial charge is 0.264 e. The molecule has 1 atom stereocenters. The molecule has 0 radical (unpaired) electrons. The van der Waals surface area contributed by atoms with Crippen LogP contribution >= 0.6 is 11.8 Å². The van der Waals surface area contributed by atoms with E-state index in [1.165, 1.54) is 11.8 Å². The summed E-state index contributed by atoms with van der Waals surface area (Å²) < 4.78 is 12.3. The fourth-order valence-electron chi connectivity index (χ4n) is 2.56. The molecule has 5 nitrogen and oxygen atoms in total. The number of aromatic nitrogens is 2. The van der Waals surface area contributed by atoms with E-state index < -0.39 is 0 Å². The number of ether oxygens (including phenoxy) is 2. The van der Waals surface area contributed by atoms with Crippen LogP contribution in [0, 0.1) is 0 Å². The SMILES string of the molecule is CC[C@@H](OC)Sc1nc2ccccc2n1C(=O)c1ccc(OC)cc1. The summed E-state index contributed by atoms with van der Waals surface area (Å²) in [6.45, 7) is 2.04. The molecular formula is C19H20N2O3S. The highest BCUT2D eigenvalue weighted by molar-refractivity contribution is 7.99. The number of rotatable bonds is 6. The molecule has 25 heavy (non-hydrogen) atoms. The van der Waals surface area contributed by atoms with Gasteiger partial charge in [-0.1, -0.05) is 30.8 Å². The van der Waals surface area contributed by atoms with E-state index in [0.29, 0.717) is 16.5 Å². The van der Waals surface area contributed by atoms with Crippen LogP contribution in [0.4, 0.5) is 0 Å². The highest BCUT2D eigenvalue weighted by Gasteiger charge is 2.21. The van der Waals surface area contributed by atoms with Crippen molar-refractivity contribution in [2.45, 2.75) is 23.9 Å². The molecule has 0 fully saturated rings. The topological polar surface area (TPSA) is 53.4 Å².